The van der Waals surface area contributed by atoms with E-state index in [4.69, 9.17) is 9.47 Å². The van der Waals surface area contributed by atoms with Crippen LogP contribution < -0.4 is 0 Å². The van der Waals surface area contributed by atoms with E-state index in [1.54, 1.807) is 7.11 Å². The van der Waals surface area contributed by atoms with E-state index < -0.39 is 0 Å². The van der Waals surface area contributed by atoms with Gasteiger partial charge in [0, 0.05) is 7.11 Å². The summed E-state index contributed by atoms with van der Waals surface area (Å²) in [5, 5.41) is 0. The van der Waals surface area contributed by atoms with Crippen LogP contribution >= 0.6 is 0 Å². The van der Waals surface area contributed by atoms with Crippen molar-refractivity contribution in [2.24, 2.45) is 0 Å². The van der Waals surface area contributed by atoms with Crippen molar-refractivity contribution < 1.29 is 14.3 Å². The molecule has 0 aliphatic rings. The summed E-state index contributed by atoms with van der Waals surface area (Å²) in [4.78, 5) is 12.1. The molecule has 1 rings (SSSR count). The maximum atomic E-state index is 12.1. The van der Waals surface area contributed by atoms with Gasteiger partial charge in [0.15, 0.2) is 0 Å². The van der Waals surface area contributed by atoms with Gasteiger partial charge >= 0.3 is 5.97 Å². The molecule has 0 radical (unpaired) electrons. The van der Waals surface area contributed by atoms with Crippen molar-refractivity contribution in [2.75, 3.05) is 13.7 Å². The van der Waals surface area contributed by atoms with Gasteiger partial charge in [-0.05, 0) is 31.9 Å². The number of benzene rings is 1. The Kier molecular flexibility index (Phi) is 8.76. The first kappa shape index (κ1) is 17.7. The molecule has 0 aliphatic heterocycles. The Morgan fingerprint density at radius 3 is 2.38 bits per heavy atom. The molecule has 3 heteroatoms. The average Bonchev–Trinajstić information content (AvgIpc) is 2.47. The van der Waals surface area contributed by atoms with Crippen molar-refractivity contribution in [2.45, 2.75) is 58.5 Å². The van der Waals surface area contributed by atoms with Crippen LogP contribution in [0.25, 0.3) is 0 Å². The van der Waals surface area contributed by atoms with Crippen molar-refractivity contribution in [1.82, 2.24) is 0 Å². The molecule has 3 nitrogen and oxygen atoms in total. The van der Waals surface area contributed by atoms with Gasteiger partial charge in [0.05, 0.1) is 12.2 Å². The number of rotatable bonds is 10. The number of esters is 1. The van der Waals surface area contributed by atoms with Crippen LogP contribution in [0.3, 0.4) is 0 Å². The van der Waals surface area contributed by atoms with Gasteiger partial charge in [0.1, 0.15) is 6.10 Å². The second kappa shape index (κ2) is 10.4. The maximum absolute atomic E-state index is 12.1. The third kappa shape index (κ3) is 7.28. The largest absolute Gasteiger partial charge is 0.456 e. The summed E-state index contributed by atoms with van der Waals surface area (Å²) < 4.78 is 10.7. The van der Waals surface area contributed by atoms with Gasteiger partial charge in [-0.3, -0.25) is 0 Å². The van der Waals surface area contributed by atoms with Crippen LogP contribution in [0.1, 0.15) is 61.4 Å². The Labute approximate surface area is 128 Å². The zero-order valence-corrected chi connectivity index (χ0v) is 13.6. The Morgan fingerprint density at radius 2 is 1.76 bits per heavy atom. The number of hydrogen-bond donors (Lipinski definition) is 0. The first-order chi connectivity index (χ1) is 10.2. The zero-order valence-electron chi connectivity index (χ0n) is 13.6. The Balaban J connectivity index is 2.41. The molecule has 1 unspecified atom stereocenters. The molecule has 118 valence electrons. The highest BCUT2D eigenvalue weighted by molar-refractivity contribution is 5.89. The quantitative estimate of drug-likeness (QED) is 0.469. The number of hydrogen-bond acceptors (Lipinski definition) is 3. The highest BCUT2D eigenvalue weighted by Gasteiger charge is 2.15. The molecule has 1 aromatic carbocycles. The summed E-state index contributed by atoms with van der Waals surface area (Å²) in [7, 11) is 1.64. The first-order valence-electron chi connectivity index (χ1n) is 7.94. The molecule has 0 heterocycles. The summed E-state index contributed by atoms with van der Waals surface area (Å²) in [6.45, 7) is 4.67. The molecule has 21 heavy (non-hydrogen) atoms. The topological polar surface area (TPSA) is 35.5 Å². The van der Waals surface area contributed by atoms with Crippen molar-refractivity contribution in [1.29, 1.82) is 0 Å². The molecule has 0 fully saturated rings. The number of carbonyl (C=O) groups is 1. The first-order valence-corrected chi connectivity index (χ1v) is 7.94. The van der Waals surface area contributed by atoms with Crippen LogP contribution in [0, 0.1) is 6.92 Å². The normalized spacial score (nSPS) is 12.1. The smallest absolute Gasteiger partial charge is 0.338 e. The van der Waals surface area contributed by atoms with E-state index in [0.717, 1.165) is 18.4 Å². The lowest BCUT2D eigenvalue weighted by Crippen LogP contribution is -2.23. The number of unbranched alkanes of at least 4 members (excludes halogenated alkanes) is 4. The average molecular weight is 292 g/mol. The predicted octanol–water partition coefficient (Wildman–Crippen LogP) is 4.53. The van der Waals surface area contributed by atoms with Gasteiger partial charge < -0.3 is 9.47 Å². The summed E-state index contributed by atoms with van der Waals surface area (Å²) in [6.07, 6.45) is 6.76. The predicted molar refractivity (Wildman–Crippen MR) is 85.6 cm³/mol. The molecule has 0 saturated carbocycles. The van der Waals surface area contributed by atoms with Crippen LogP contribution in [-0.4, -0.2) is 25.8 Å². The molecule has 0 aliphatic carbocycles. The van der Waals surface area contributed by atoms with Gasteiger partial charge in [-0.15, -0.1) is 0 Å². The summed E-state index contributed by atoms with van der Waals surface area (Å²) >= 11 is 0. The number of methoxy groups -OCH3 is 1. The Bertz CT molecular complexity index is 397. The van der Waals surface area contributed by atoms with E-state index in [0.29, 0.717) is 12.2 Å². The fourth-order valence-electron chi connectivity index (χ4n) is 2.25. The summed E-state index contributed by atoms with van der Waals surface area (Å²) in [5.74, 6) is -0.259. The van der Waals surface area contributed by atoms with Crippen molar-refractivity contribution >= 4 is 5.97 Å². The molecule has 0 spiro atoms. The van der Waals surface area contributed by atoms with Gasteiger partial charge in [-0.25, -0.2) is 4.79 Å². The lowest BCUT2D eigenvalue weighted by molar-refractivity contribution is 0.00237. The van der Waals surface area contributed by atoms with Gasteiger partial charge in [-0.2, -0.15) is 0 Å². The number of aryl methyl sites for hydroxylation is 1. The number of ether oxygens (including phenoxy) is 2. The fourth-order valence-corrected chi connectivity index (χ4v) is 2.25. The molecule has 0 bridgehead atoms. The molecule has 0 aromatic heterocycles. The van der Waals surface area contributed by atoms with Crippen molar-refractivity contribution in [3.8, 4) is 0 Å². The minimum absolute atomic E-state index is 0.148. The molecule has 0 saturated heterocycles. The second-order valence-electron chi connectivity index (χ2n) is 5.55. The van der Waals surface area contributed by atoms with Gasteiger partial charge in [0.2, 0.25) is 0 Å². The molecule has 1 atom stereocenters. The lowest BCUT2D eigenvalue weighted by atomic mass is 10.1. The monoisotopic (exact) mass is 292 g/mol. The van der Waals surface area contributed by atoms with Crippen molar-refractivity contribution in [3.05, 3.63) is 35.4 Å². The highest BCUT2D eigenvalue weighted by Crippen LogP contribution is 2.13. The fraction of sp³-hybridized carbons (Fsp3) is 0.611. The van der Waals surface area contributed by atoms with Crippen molar-refractivity contribution in [3.63, 3.8) is 0 Å². The van der Waals surface area contributed by atoms with Crippen LogP contribution in [0.15, 0.2) is 24.3 Å². The van der Waals surface area contributed by atoms with Crippen LogP contribution in [0.4, 0.5) is 0 Å². The van der Waals surface area contributed by atoms with E-state index in [9.17, 15) is 4.79 Å². The lowest BCUT2D eigenvalue weighted by Gasteiger charge is -2.17. The minimum Gasteiger partial charge on any atom is -0.456 e. The van der Waals surface area contributed by atoms with E-state index in [2.05, 4.69) is 6.92 Å². The van der Waals surface area contributed by atoms with E-state index >= 15 is 0 Å². The van der Waals surface area contributed by atoms with E-state index in [1.807, 2.05) is 31.2 Å². The van der Waals surface area contributed by atoms with Gasteiger partial charge in [0.25, 0.3) is 0 Å². The van der Waals surface area contributed by atoms with Crippen LogP contribution in [0.2, 0.25) is 0 Å². The maximum Gasteiger partial charge on any atom is 0.338 e. The highest BCUT2D eigenvalue weighted by atomic mass is 16.6. The molecule has 0 amide bonds. The Hall–Kier alpha value is -1.35. The zero-order chi connectivity index (χ0) is 15.5. The standard InChI is InChI=1S/C18H28O3/c1-4-5-6-7-8-9-17(14-20-3)21-18(19)16-12-10-15(2)11-13-16/h10-13,17H,4-9,14H2,1-3H3. The molecular weight excluding hydrogens is 264 g/mol. The third-order valence-corrected chi connectivity index (χ3v) is 3.54. The third-order valence-electron chi connectivity index (χ3n) is 3.54. The van der Waals surface area contributed by atoms with Crippen LogP contribution in [0.5, 0.6) is 0 Å². The summed E-state index contributed by atoms with van der Waals surface area (Å²) in [5.41, 5.74) is 1.74. The van der Waals surface area contributed by atoms with Gasteiger partial charge in [-0.1, -0.05) is 50.3 Å². The van der Waals surface area contributed by atoms with Crippen LogP contribution in [-0.2, 0) is 9.47 Å². The van der Waals surface area contributed by atoms with E-state index in [-0.39, 0.29) is 12.1 Å². The second-order valence-corrected chi connectivity index (χ2v) is 5.55. The Morgan fingerprint density at radius 1 is 1.10 bits per heavy atom. The summed E-state index contributed by atoms with van der Waals surface area (Å²) in [6, 6.07) is 7.46. The SMILES string of the molecule is CCCCCCCC(COC)OC(=O)c1ccc(C)cc1. The van der Waals surface area contributed by atoms with E-state index in [1.165, 1.54) is 25.7 Å². The minimum atomic E-state index is -0.259. The molecule has 0 N–H and O–H groups in total. The molecule has 1 aromatic rings. The molecular formula is C18H28O3. The number of carbonyl (C=O) groups excluding carboxylic acids is 1.